The molecule has 0 unspecified atom stereocenters. The van der Waals surface area contributed by atoms with E-state index in [4.69, 9.17) is 9.47 Å². The number of hydrogen-bond donors (Lipinski definition) is 1. The molecule has 2 heterocycles. The van der Waals surface area contributed by atoms with Crippen LogP contribution < -0.4 is 10.1 Å². The molecule has 23 heavy (non-hydrogen) atoms. The monoisotopic (exact) mass is 329 g/mol. The third kappa shape index (κ3) is 3.64. The molecule has 118 valence electrons. The number of benzene rings is 1. The van der Waals surface area contributed by atoms with Crippen LogP contribution in [0.3, 0.4) is 0 Å². The fourth-order valence-electron chi connectivity index (χ4n) is 1.99. The Morgan fingerprint density at radius 3 is 2.91 bits per heavy atom. The quantitative estimate of drug-likeness (QED) is 0.704. The standard InChI is InChI=1S/C16H15N3O3S/c1-21-9-10-22-15-11(5-4-8-17-15)14(20)19-16-18-12-6-2-3-7-13(12)23-16/h2-8H,9-10H2,1H3,(H,18,19,20). The average Bonchev–Trinajstić information content (AvgIpc) is 2.97. The summed E-state index contributed by atoms with van der Waals surface area (Å²) in [5.41, 5.74) is 1.22. The number of carbonyl (C=O) groups excluding carboxylic acids is 1. The summed E-state index contributed by atoms with van der Waals surface area (Å²) in [7, 11) is 1.59. The Morgan fingerprint density at radius 2 is 2.09 bits per heavy atom. The normalized spacial score (nSPS) is 10.7. The Hall–Kier alpha value is -2.51. The van der Waals surface area contributed by atoms with Gasteiger partial charge in [0.05, 0.1) is 16.8 Å². The molecule has 7 heteroatoms. The molecule has 0 radical (unpaired) electrons. The third-order valence-electron chi connectivity index (χ3n) is 3.06. The van der Waals surface area contributed by atoms with E-state index in [1.165, 1.54) is 11.3 Å². The van der Waals surface area contributed by atoms with Crippen LogP contribution in [0.2, 0.25) is 0 Å². The molecule has 0 aliphatic carbocycles. The number of amides is 1. The van der Waals surface area contributed by atoms with E-state index in [1.54, 1.807) is 25.4 Å². The van der Waals surface area contributed by atoms with Gasteiger partial charge in [0, 0.05) is 13.3 Å². The van der Waals surface area contributed by atoms with Crippen molar-refractivity contribution in [3.63, 3.8) is 0 Å². The van der Waals surface area contributed by atoms with Crippen LogP contribution in [0.15, 0.2) is 42.6 Å². The van der Waals surface area contributed by atoms with Crippen molar-refractivity contribution in [2.45, 2.75) is 0 Å². The summed E-state index contributed by atoms with van der Waals surface area (Å²) in [6, 6.07) is 11.1. The molecule has 2 aromatic heterocycles. The first-order valence-corrected chi connectivity index (χ1v) is 7.83. The van der Waals surface area contributed by atoms with Crippen LogP contribution in [-0.4, -0.2) is 36.2 Å². The van der Waals surface area contributed by atoms with Gasteiger partial charge in [-0.2, -0.15) is 0 Å². The minimum absolute atomic E-state index is 0.281. The lowest BCUT2D eigenvalue weighted by atomic mass is 10.2. The van der Waals surface area contributed by atoms with Gasteiger partial charge in [0.2, 0.25) is 5.88 Å². The number of para-hydroxylation sites is 1. The topological polar surface area (TPSA) is 73.3 Å². The third-order valence-corrected chi connectivity index (χ3v) is 4.01. The first-order valence-electron chi connectivity index (χ1n) is 7.01. The predicted octanol–water partition coefficient (Wildman–Crippen LogP) is 2.97. The van der Waals surface area contributed by atoms with Gasteiger partial charge in [-0.25, -0.2) is 9.97 Å². The van der Waals surface area contributed by atoms with Crippen molar-refractivity contribution in [1.29, 1.82) is 0 Å². The molecule has 1 amide bonds. The molecule has 1 N–H and O–H groups in total. The van der Waals surface area contributed by atoms with Crippen LogP contribution in [0.5, 0.6) is 5.88 Å². The lowest BCUT2D eigenvalue weighted by Gasteiger charge is -2.09. The van der Waals surface area contributed by atoms with Crippen LogP contribution in [0.4, 0.5) is 5.13 Å². The first kappa shape index (κ1) is 15.4. The summed E-state index contributed by atoms with van der Waals surface area (Å²) < 4.78 is 11.4. The Labute approximate surface area is 137 Å². The predicted molar refractivity (Wildman–Crippen MR) is 89.2 cm³/mol. The average molecular weight is 329 g/mol. The minimum Gasteiger partial charge on any atom is -0.475 e. The largest absolute Gasteiger partial charge is 0.475 e. The lowest BCUT2D eigenvalue weighted by molar-refractivity contribution is 0.101. The highest BCUT2D eigenvalue weighted by atomic mass is 32.1. The summed E-state index contributed by atoms with van der Waals surface area (Å²) >= 11 is 1.42. The molecule has 0 spiro atoms. The second-order valence-corrected chi connectivity index (χ2v) is 5.67. The zero-order valence-electron chi connectivity index (χ0n) is 12.5. The van der Waals surface area contributed by atoms with E-state index < -0.39 is 0 Å². The van der Waals surface area contributed by atoms with E-state index in [-0.39, 0.29) is 11.8 Å². The van der Waals surface area contributed by atoms with Crippen molar-refractivity contribution in [2.75, 3.05) is 25.6 Å². The minimum atomic E-state index is -0.301. The number of hydrogen-bond acceptors (Lipinski definition) is 6. The molecule has 0 bridgehead atoms. The molecular weight excluding hydrogens is 314 g/mol. The molecule has 0 aliphatic rings. The van der Waals surface area contributed by atoms with Gasteiger partial charge >= 0.3 is 0 Å². The second-order valence-electron chi connectivity index (χ2n) is 4.64. The highest BCUT2D eigenvalue weighted by Gasteiger charge is 2.15. The van der Waals surface area contributed by atoms with Gasteiger partial charge in [0.25, 0.3) is 5.91 Å². The lowest BCUT2D eigenvalue weighted by Crippen LogP contribution is -2.15. The summed E-state index contributed by atoms with van der Waals surface area (Å²) in [6.07, 6.45) is 1.58. The smallest absolute Gasteiger partial charge is 0.262 e. The Bertz CT molecular complexity index is 786. The van der Waals surface area contributed by atoms with Gasteiger partial charge < -0.3 is 9.47 Å². The summed E-state index contributed by atoms with van der Waals surface area (Å²) in [5, 5.41) is 3.34. The molecule has 0 fully saturated rings. The molecule has 0 aliphatic heterocycles. The van der Waals surface area contributed by atoms with E-state index in [0.717, 1.165) is 10.2 Å². The van der Waals surface area contributed by atoms with Crippen molar-refractivity contribution < 1.29 is 14.3 Å². The van der Waals surface area contributed by atoms with Gasteiger partial charge in [0.15, 0.2) is 5.13 Å². The number of nitrogens with one attached hydrogen (secondary N) is 1. The summed E-state index contributed by atoms with van der Waals surface area (Å²) in [5.74, 6) is -0.0206. The zero-order chi connectivity index (χ0) is 16.1. The van der Waals surface area contributed by atoms with Crippen molar-refractivity contribution in [2.24, 2.45) is 0 Å². The van der Waals surface area contributed by atoms with E-state index in [0.29, 0.717) is 23.9 Å². The molecule has 6 nitrogen and oxygen atoms in total. The number of ether oxygens (including phenoxy) is 2. The molecule has 0 saturated carbocycles. The highest BCUT2D eigenvalue weighted by Crippen LogP contribution is 2.26. The molecule has 0 atom stereocenters. The molecule has 3 aromatic rings. The van der Waals surface area contributed by atoms with Crippen LogP contribution >= 0.6 is 11.3 Å². The fourth-order valence-corrected chi connectivity index (χ4v) is 2.85. The number of carbonyl (C=O) groups is 1. The van der Waals surface area contributed by atoms with Crippen LogP contribution in [0.1, 0.15) is 10.4 Å². The second kappa shape index (κ2) is 7.17. The van der Waals surface area contributed by atoms with Crippen LogP contribution in [0, 0.1) is 0 Å². The van der Waals surface area contributed by atoms with E-state index >= 15 is 0 Å². The Kier molecular flexibility index (Phi) is 4.80. The number of pyridine rings is 1. The first-order chi connectivity index (χ1) is 11.3. The fraction of sp³-hybridized carbons (Fsp3) is 0.188. The van der Waals surface area contributed by atoms with Crippen molar-refractivity contribution in [3.8, 4) is 5.88 Å². The number of aromatic nitrogens is 2. The van der Waals surface area contributed by atoms with E-state index in [2.05, 4.69) is 15.3 Å². The summed E-state index contributed by atoms with van der Waals surface area (Å²) in [4.78, 5) is 20.9. The van der Waals surface area contributed by atoms with Gasteiger partial charge in [-0.1, -0.05) is 23.5 Å². The SMILES string of the molecule is COCCOc1ncccc1C(=O)Nc1nc2ccccc2s1. The van der Waals surface area contributed by atoms with Gasteiger partial charge in [-0.15, -0.1) is 0 Å². The molecular formula is C16H15N3O3S. The zero-order valence-corrected chi connectivity index (χ0v) is 13.3. The number of rotatable bonds is 6. The van der Waals surface area contributed by atoms with Crippen molar-refractivity contribution in [3.05, 3.63) is 48.2 Å². The molecule has 1 aromatic carbocycles. The number of methoxy groups -OCH3 is 1. The van der Waals surface area contributed by atoms with Crippen LogP contribution in [-0.2, 0) is 4.74 Å². The number of thiazole rings is 1. The number of fused-ring (bicyclic) bond motifs is 1. The Morgan fingerprint density at radius 1 is 1.22 bits per heavy atom. The van der Waals surface area contributed by atoms with Crippen molar-refractivity contribution in [1.82, 2.24) is 9.97 Å². The van der Waals surface area contributed by atoms with E-state index in [9.17, 15) is 4.79 Å². The highest BCUT2D eigenvalue weighted by molar-refractivity contribution is 7.22. The number of anilines is 1. The summed E-state index contributed by atoms with van der Waals surface area (Å²) in [6.45, 7) is 0.754. The van der Waals surface area contributed by atoms with Gasteiger partial charge in [-0.05, 0) is 24.3 Å². The Balaban J connectivity index is 1.77. The van der Waals surface area contributed by atoms with Crippen LogP contribution in [0.25, 0.3) is 10.2 Å². The van der Waals surface area contributed by atoms with Crippen molar-refractivity contribution >= 4 is 32.6 Å². The maximum Gasteiger partial charge on any atom is 0.262 e. The molecule has 0 saturated heterocycles. The van der Waals surface area contributed by atoms with Gasteiger partial charge in [0.1, 0.15) is 12.2 Å². The maximum atomic E-state index is 12.4. The number of nitrogens with zero attached hydrogens (tertiary/aromatic N) is 2. The molecule has 3 rings (SSSR count). The van der Waals surface area contributed by atoms with Gasteiger partial charge in [-0.3, -0.25) is 10.1 Å². The maximum absolute atomic E-state index is 12.4. The van der Waals surface area contributed by atoms with E-state index in [1.807, 2.05) is 24.3 Å².